The van der Waals surface area contributed by atoms with Crippen LogP contribution in [0.2, 0.25) is 0 Å². The van der Waals surface area contributed by atoms with E-state index >= 15 is 0 Å². The number of hydrogen-bond acceptors (Lipinski definition) is 15. The van der Waals surface area contributed by atoms with Gasteiger partial charge in [-0.25, -0.2) is 9.13 Å². The minimum atomic E-state index is -4.97. The number of allylic oxidation sites excluding steroid dienone is 10. The Labute approximate surface area is 584 Å². The van der Waals surface area contributed by atoms with Gasteiger partial charge in [-0.2, -0.15) is 0 Å². The van der Waals surface area contributed by atoms with E-state index < -0.39 is 97.5 Å². The van der Waals surface area contributed by atoms with Crippen LogP contribution >= 0.6 is 15.6 Å². The van der Waals surface area contributed by atoms with Gasteiger partial charge in [-0.1, -0.05) is 300 Å². The van der Waals surface area contributed by atoms with Crippen LogP contribution in [-0.2, 0) is 65.4 Å². The first-order valence-electron chi connectivity index (χ1n) is 38.5. The van der Waals surface area contributed by atoms with E-state index in [1.165, 1.54) is 135 Å². The highest BCUT2D eigenvalue weighted by Crippen LogP contribution is 2.45. The third-order valence-corrected chi connectivity index (χ3v) is 18.4. The Balaban J connectivity index is 5.30. The molecule has 0 aliphatic heterocycles. The number of unbranched alkanes of at least 4 members (excludes halogenated alkanes) is 37. The predicted molar refractivity (Wildman–Crippen MR) is 390 cm³/mol. The molecule has 96 heavy (non-hydrogen) atoms. The molecule has 0 saturated heterocycles. The molecule has 0 aromatic carbocycles. The van der Waals surface area contributed by atoms with E-state index in [4.69, 9.17) is 37.0 Å². The Kier molecular flexibility index (Phi) is 67.8. The highest BCUT2D eigenvalue weighted by molar-refractivity contribution is 7.47. The molecule has 0 radical (unpaired) electrons. The lowest BCUT2D eigenvalue weighted by atomic mass is 10.0. The van der Waals surface area contributed by atoms with Crippen LogP contribution in [0.1, 0.15) is 349 Å². The average molecular weight is 1400 g/mol. The second-order valence-electron chi connectivity index (χ2n) is 25.9. The molecule has 0 heterocycles. The molecule has 0 bridgehead atoms. The third-order valence-electron chi connectivity index (χ3n) is 16.5. The molecule has 0 saturated carbocycles. The number of phosphoric ester groups is 2. The molecule has 0 aromatic rings. The lowest BCUT2D eigenvalue weighted by Gasteiger charge is -2.21. The molecule has 0 fully saturated rings. The summed E-state index contributed by atoms with van der Waals surface area (Å²) < 4.78 is 68.4. The zero-order chi connectivity index (χ0) is 70.4. The topological polar surface area (TPSA) is 237 Å². The lowest BCUT2D eigenvalue weighted by molar-refractivity contribution is -0.161. The largest absolute Gasteiger partial charge is 0.472 e. The van der Waals surface area contributed by atoms with E-state index in [0.29, 0.717) is 25.7 Å². The van der Waals surface area contributed by atoms with Gasteiger partial charge in [-0.3, -0.25) is 37.3 Å². The monoisotopic (exact) mass is 1400 g/mol. The van der Waals surface area contributed by atoms with Gasteiger partial charge in [-0.05, 0) is 83.5 Å². The predicted octanol–water partition coefficient (Wildman–Crippen LogP) is 21.9. The van der Waals surface area contributed by atoms with Crippen LogP contribution < -0.4 is 0 Å². The van der Waals surface area contributed by atoms with Crippen molar-refractivity contribution < 1.29 is 80.2 Å². The average Bonchev–Trinajstić information content (AvgIpc) is 1.17. The Hall–Kier alpha value is -3.24. The fourth-order valence-corrected chi connectivity index (χ4v) is 12.2. The van der Waals surface area contributed by atoms with Gasteiger partial charge in [0.05, 0.1) is 26.4 Å². The van der Waals surface area contributed by atoms with Gasteiger partial charge < -0.3 is 33.8 Å². The van der Waals surface area contributed by atoms with Crippen LogP contribution in [0.3, 0.4) is 0 Å². The number of hydrogen-bond donors (Lipinski definition) is 3. The summed E-state index contributed by atoms with van der Waals surface area (Å²) in [7, 11) is -9.94. The van der Waals surface area contributed by atoms with Crippen LogP contribution in [0.25, 0.3) is 0 Å². The Bertz CT molecular complexity index is 2060. The van der Waals surface area contributed by atoms with Crippen molar-refractivity contribution in [3.63, 3.8) is 0 Å². The summed E-state index contributed by atoms with van der Waals surface area (Å²) >= 11 is 0. The first kappa shape index (κ1) is 92.8. The number of ether oxygens (including phenoxy) is 4. The summed E-state index contributed by atoms with van der Waals surface area (Å²) in [5.74, 6) is -2.18. The molecule has 3 N–H and O–H groups in total. The fourth-order valence-electron chi connectivity index (χ4n) is 10.6. The maximum Gasteiger partial charge on any atom is 0.472 e. The number of rotatable bonds is 73. The van der Waals surface area contributed by atoms with E-state index in [-0.39, 0.29) is 25.7 Å². The molecule has 5 unspecified atom stereocenters. The molecule has 560 valence electrons. The van der Waals surface area contributed by atoms with Crippen LogP contribution in [0.4, 0.5) is 0 Å². The van der Waals surface area contributed by atoms with Gasteiger partial charge in [0.15, 0.2) is 12.2 Å². The summed E-state index contributed by atoms with van der Waals surface area (Å²) in [6.45, 7) is 4.74. The van der Waals surface area contributed by atoms with Crippen LogP contribution in [-0.4, -0.2) is 96.7 Å². The molecule has 0 aromatic heterocycles. The smallest absolute Gasteiger partial charge is 0.462 e. The minimum Gasteiger partial charge on any atom is -0.462 e. The Morgan fingerprint density at radius 1 is 0.302 bits per heavy atom. The van der Waals surface area contributed by atoms with Gasteiger partial charge >= 0.3 is 39.5 Å². The lowest BCUT2D eigenvalue weighted by Crippen LogP contribution is -2.30. The summed E-state index contributed by atoms with van der Waals surface area (Å²) in [6.07, 6.45) is 67.8. The molecule has 0 spiro atoms. The van der Waals surface area contributed by atoms with Crippen LogP contribution in [0.15, 0.2) is 60.8 Å². The molecule has 17 nitrogen and oxygen atoms in total. The summed E-state index contributed by atoms with van der Waals surface area (Å²) in [4.78, 5) is 72.8. The van der Waals surface area contributed by atoms with E-state index in [1.807, 2.05) is 0 Å². The fraction of sp³-hybridized carbons (Fsp3) is 0.818. The van der Waals surface area contributed by atoms with E-state index in [0.717, 1.165) is 135 Å². The summed E-state index contributed by atoms with van der Waals surface area (Å²) in [5, 5.41) is 10.6. The molecule has 0 rings (SSSR count). The van der Waals surface area contributed by atoms with Crippen molar-refractivity contribution in [2.24, 2.45) is 0 Å². The second kappa shape index (κ2) is 70.2. The number of phosphoric acid groups is 2. The molecular weight excluding hydrogens is 1260 g/mol. The molecule has 19 heteroatoms. The van der Waals surface area contributed by atoms with Crippen molar-refractivity contribution >= 4 is 39.5 Å². The number of aliphatic hydroxyl groups excluding tert-OH is 1. The third kappa shape index (κ3) is 69.2. The van der Waals surface area contributed by atoms with E-state index in [9.17, 15) is 43.2 Å². The van der Waals surface area contributed by atoms with Crippen molar-refractivity contribution in [2.45, 2.75) is 367 Å². The van der Waals surface area contributed by atoms with E-state index in [1.54, 1.807) is 0 Å². The maximum atomic E-state index is 13.1. The standard InChI is InChI=1S/C77H140O17P2/c1-5-9-13-17-21-25-29-32-34-35-37-40-43-46-50-54-58-62-75(80)88-68-73(94-77(82)64-60-56-52-48-44-38-31-27-23-19-15-11-7-3)70-92-96(85,86)90-66-71(78)65-89-95(83,84)91-69-72(93-76(81)63-59-55-51-47-41-28-24-20-16-12-8-4)67-87-74(79)61-57-53-49-45-42-39-36-33-30-26-22-18-14-10-6-2/h9,13,20-21,24-25,32,34,37,40,71-73,78H,5-8,10-12,14-19,22-23,26-31,33,35-36,38-39,41-70H2,1-4H3,(H,83,84)(H,85,86)/b13-9-,24-20-,25-21-,34-32-,40-37-. The van der Waals surface area contributed by atoms with Crippen molar-refractivity contribution in [1.82, 2.24) is 0 Å². The molecule has 0 aliphatic rings. The Morgan fingerprint density at radius 2 is 0.552 bits per heavy atom. The Morgan fingerprint density at radius 3 is 0.875 bits per heavy atom. The van der Waals surface area contributed by atoms with Gasteiger partial charge in [0.1, 0.15) is 19.3 Å². The quantitative estimate of drug-likeness (QED) is 0.0169. The highest BCUT2D eigenvalue weighted by Gasteiger charge is 2.30. The normalized spacial score (nSPS) is 14.3. The zero-order valence-corrected chi connectivity index (χ0v) is 62.8. The summed E-state index contributed by atoms with van der Waals surface area (Å²) in [6, 6.07) is 0. The summed E-state index contributed by atoms with van der Waals surface area (Å²) in [5.41, 5.74) is 0. The maximum absolute atomic E-state index is 13.1. The van der Waals surface area contributed by atoms with Crippen molar-refractivity contribution in [1.29, 1.82) is 0 Å². The highest BCUT2D eigenvalue weighted by atomic mass is 31.2. The van der Waals surface area contributed by atoms with E-state index in [2.05, 4.69) is 88.5 Å². The first-order valence-corrected chi connectivity index (χ1v) is 41.5. The van der Waals surface area contributed by atoms with Gasteiger partial charge in [-0.15, -0.1) is 0 Å². The molecule has 5 atom stereocenters. The van der Waals surface area contributed by atoms with Crippen molar-refractivity contribution in [2.75, 3.05) is 39.6 Å². The van der Waals surface area contributed by atoms with Gasteiger partial charge in [0.25, 0.3) is 0 Å². The number of carbonyl (C=O) groups is 4. The van der Waals surface area contributed by atoms with Crippen LogP contribution in [0.5, 0.6) is 0 Å². The zero-order valence-electron chi connectivity index (χ0n) is 61.1. The van der Waals surface area contributed by atoms with Gasteiger partial charge in [0, 0.05) is 25.7 Å². The van der Waals surface area contributed by atoms with Crippen LogP contribution in [0, 0.1) is 0 Å². The first-order chi connectivity index (χ1) is 46.7. The molecule has 0 amide bonds. The molecule has 0 aliphatic carbocycles. The number of carbonyl (C=O) groups excluding carboxylic acids is 4. The number of esters is 4. The number of aliphatic hydroxyl groups is 1. The second-order valence-corrected chi connectivity index (χ2v) is 28.8. The minimum absolute atomic E-state index is 0.0898. The van der Waals surface area contributed by atoms with Gasteiger partial charge in [0.2, 0.25) is 0 Å². The SMILES string of the molecule is CC/C=C\C/C=C\C/C=C\C/C=C\CCCCCCC(=O)OCC(COP(=O)(O)OCC(O)COP(=O)(O)OCC(COC(=O)CCCCCCCCCCCCCCCCC)OC(=O)CCCCCCC/C=C\CCCC)OC(=O)CCCCCCCCCCCCCCC. The van der Waals surface area contributed by atoms with Crippen molar-refractivity contribution in [3.8, 4) is 0 Å². The van der Waals surface area contributed by atoms with Crippen molar-refractivity contribution in [3.05, 3.63) is 60.8 Å². The molecular formula is C77H140O17P2.